The fourth-order valence-corrected chi connectivity index (χ4v) is 10.5. The van der Waals surface area contributed by atoms with Crippen LogP contribution in [0, 0.1) is 52.8 Å². The Bertz CT molecular complexity index is 1950. The van der Waals surface area contributed by atoms with E-state index in [4.69, 9.17) is 4.74 Å². The number of ketones is 2. The van der Waals surface area contributed by atoms with Crippen LogP contribution in [-0.2, 0) is 25.5 Å². The van der Waals surface area contributed by atoms with Crippen molar-refractivity contribution in [3.05, 3.63) is 108 Å². The summed E-state index contributed by atoms with van der Waals surface area (Å²) in [7, 11) is 0. The Morgan fingerprint density at radius 2 is 1.80 bits per heavy atom. The van der Waals surface area contributed by atoms with Crippen LogP contribution in [-0.4, -0.2) is 74.8 Å². The third-order valence-corrected chi connectivity index (χ3v) is 13.2. The average Bonchev–Trinajstić information content (AvgIpc) is 3.83. The van der Waals surface area contributed by atoms with Crippen LogP contribution in [0.2, 0.25) is 0 Å². The Labute approximate surface area is 317 Å². The standard InChI is InChI=1S/C45H54N2O7/c1-6-7-8-14-28-23-54-42(40(28)50)31-16-12-17-32-36(31)41(51)38(48)25(3)20-24(2)13-11-18-33-39(49)27(5)26(4)37-35(47-44(53)45(33,37)43(32)52)21-29-22-46-34-19-10-9-15-30(29)34/h6-12,14-16,18-20,22,24,26,28,31-33,35-40,42,46,48-50H,5,13,17,21,23H2,1-4H3,(H,47,53). The first-order valence-electron chi connectivity index (χ1n) is 19.5. The van der Waals surface area contributed by atoms with Gasteiger partial charge in [0.25, 0.3) is 0 Å². The van der Waals surface area contributed by atoms with Gasteiger partial charge in [0.15, 0.2) is 11.6 Å². The van der Waals surface area contributed by atoms with Crippen LogP contribution in [0.4, 0.5) is 0 Å². The number of ether oxygens (including phenoxy) is 1. The molecule has 1 spiro atoms. The summed E-state index contributed by atoms with van der Waals surface area (Å²) < 4.78 is 6.24. The molecular weight excluding hydrogens is 681 g/mol. The molecule has 2 saturated heterocycles. The normalized spacial score (nSPS) is 40.3. The zero-order valence-electron chi connectivity index (χ0n) is 31.6. The van der Waals surface area contributed by atoms with Gasteiger partial charge in [-0.25, -0.2) is 0 Å². The molecule has 1 saturated carbocycles. The second kappa shape index (κ2) is 15.2. The van der Waals surface area contributed by atoms with Gasteiger partial charge >= 0.3 is 0 Å². The van der Waals surface area contributed by atoms with Crippen molar-refractivity contribution in [2.45, 2.75) is 77.4 Å². The van der Waals surface area contributed by atoms with Gasteiger partial charge in [-0.3, -0.25) is 14.4 Å². The summed E-state index contributed by atoms with van der Waals surface area (Å²) in [6.45, 7) is 12.1. The number of carbonyl (C=O) groups excluding carboxylic acids is 3. The SMILES string of the molecule is C=C1C(C)C2C(Cc3c[nH]c4ccccc34)NC(=O)C23C(=O)C2CC=CC(C4OCC(C=CC=CC)C4O)C2C(=O)C(O)C(C)=CC(C)CC=CC3C1O. The van der Waals surface area contributed by atoms with Crippen molar-refractivity contribution >= 4 is 28.4 Å². The van der Waals surface area contributed by atoms with E-state index in [2.05, 4.69) is 16.9 Å². The molecule has 14 unspecified atom stereocenters. The molecule has 54 heavy (non-hydrogen) atoms. The number of aliphatic hydroxyl groups excluding tert-OH is 3. The Hall–Kier alpha value is -4.15. The number of carbonyl (C=O) groups is 3. The molecule has 9 nitrogen and oxygen atoms in total. The summed E-state index contributed by atoms with van der Waals surface area (Å²) in [6, 6.07) is 7.48. The predicted molar refractivity (Wildman–Crippen MR) is 208 cm³/mol. The lowest BCUT2D eigenvalue weighted by Crippen LogP contribution is -2.61. The molecule has 5 N–H and O–H groups in total. The fraction of sp³-hybridized carbons (Fsp3) is 0.489. The van der Waals surface area contributed by atoms with Crippen LogP contribution < -0.4 is 5.32 Å². The molecule has 3 aliphatic carbocycles. The molecule has 286 valence electrons. The number of fused-ring (bicyclic) bond motifs is 2. The average molecular weight is 735 g/mol. The van der Waals surface area contributed by atoms with Crippen molar-refractivity contribution in [2.75, 3.05) is 6.61 Å². The minimum absolute atomic E-state index is 0.0932. The minimum Gasteiger partial charge on any atom is -0.390 e. The van der Waals surface area contributed by atoms with E-state index in [-0.39, 0.29) is 24.9 Å². The maximum Gasteiger partial charge on any atom is 0.235 e. The summed E-state index contributed by atoms with van der Waals surface area (Å²) in [5.74, 6) is -6.72. The molecule has 7 rings (SSSR count). The number of benzene rings is 1. The van der Waals surface area contributed by atoms with Gasteiger partial charge in [0.1, 0.15) is 11.5 Å². The number of H-pyrrole nitrogens is 1. The Morgan fingerprint density at radius 3 is 2.57 bits per heavy atom. The number of hydrogen-bond acceptors (Lipinski definition) is 7. The van der Waals surface area contributed by atoms with Gasteiger partial charge in [-0.2, -0.15) is 0 Å². The van der Waals surface area contributed by atoms with Gasteiger partial charge in [-0.15, -0.1) is 0 Å². The number of aromatic amines is 1. The second-order valence-corrected chi connectivity index (χ2v) is 16.3. The Morgan fingerprint density at radius 1 is 1.04 bits per heavy atom. The number of allylic oxidation sites excluding steroid dienone is 6. The number of amides is 1. The Kier molecular flexibility index (Phi) is 10.7. The molecule has 0 radical (unpaired) electrons. The first-order chi connectivity index (χ1) is 25.9. The summed E-state index contributed by atoms with van der Waals surface area (Å²) in [5, 5.41) is 39.7. The molecule has 1 aromatic carbocycles. The summed E-state index contributed by atoms with van der Waals surface area (Å²) in [5.41, 5.74) is 1.27. The van der Waals surface area contributed by atoms with Crippen molar-refractivity contribution in [3.8, 4) is 0 Å². The van der Waals surface area contributed by atoms with Crippen LogP contribution in [0.1, 0.15) is 46.1 Å². The van der Waals surface area contributed by atoms with Crippen LogP contribution in [0.3, 0.4) is 0 Å². The fourth-order valence-electron chi connectivity index (χ4n) is 10.5. The lowest BCUT2D eigenvalue weighted by molar-refractivity contribution is -0.159. The van der Waals surface area contributed by atoms with E-state index in [0.717, 1.165) is 16.5 Å². The topological polar surface area (TPSA) is 149 Å². The summed E-state index contributed by atoms with van der Waals surface area (Å²) in [6.07, 6.45) is 15.3. The maximum atomic E-state index is 15.9. The molecule has 0 bridgehead atoms. The lowest BCUT2D eigenvalue weighted by atomic mass is 9.49. The van der Waals surface area contributed by atoms with E-state index in [1.807, 2.05) is 106 Å². The van der Waals surface area contributed by atoms with Gasteiger partial charge in [0, 0.05) is 58.6 Å². The smallest absolute Gasteiger partial charge is 0.235 e. The molecular formula is C45H54N2O7. The molecule has 14 atom stereocenters. The molecule has 2 aliphatic heterocycles. The lowest BCUT2D eigenvalue weighted by Gasteiger charge is -2.51. The van der Waals surface area contributed by atoms with E-state index in [9.17, 15) is 20.1 Å². The van der Waals surface area contributed by atoms with Gasteiger partial charge in [0.2, 0.25) is 5.91 Å². The number of hydrogen-bond donors (Lipinski definition) is 5. The number of aromatic nitrogens is 1. The summed E-state index contributed by atoms with van der Waals surface area (Å²) >= 11 is 0. The van der Waals surface area contributed by atoms with E-state index < -0.39 is 88.9 Å². The Balaban J connectivity index is 1.37. The van der Waals surface area contributed by atoms with E-state index in [1.165, 1.54) is 0 Å². The number of aliphatic hydroxyl groups is 3. The number of Topliss-reactive ketones (excluding diaryl/α,β-unsaturated/α-hetero) is 2. The third-order valence-electron chi connectivity index (χ3n) is 13.2. The predicted octanol–water partition coefficient (Wildman–Crippen LogP) is 5.35. The van der Waals surface area contributed by atoms with Gasteiger partial charge in [0.05, 0.1) is 24.9 Å². The van der Waals surface area contributed by atoms with Crippen LogP contribution in [0.15, 0.2) is 103 Å². The highest BCUT2D eigenvalue weighted by molar-refractivity contribution is 6.11. The van der Waals surface area contributed by atoms with E-state index in [1.54, 1.807) is 6.92 Å². The largest absolute Gasteiger partial charge is 0.390 e. The molecule has 5 aliphatic rings. The van der Waals surface area contributed by atoms with Gasteiger partial charge in [-0.05, 0) is 67.7 Å². The number of rotatable bonds is 5. The highest BCUT2D eigenvalue weighted by Gasteiger charge is 2.70. The van der Waals surface area contributed by atoms with Gasteiger partial charge < -0.3 is 30.4 Å². The molecule has 9 heteroatoms. The first kappa shape index (κ1) is 38.1. The van der Waals surface area contributed by atoms with Crippen LogP contribution in [0.25, 0.3) is 10.9 Å². The molecule has 3 fully saturated rings. The summed E-state index contributed by atoms with van der Waals surface area (Å²) in [4.78, 5) is 49.1. The quantitative estimate of drug-likeness (QED) is 0.158. The first-order valence-corrected chi connectivity index (χ1v) is 19.5. The van der Waals surface area contributed by atoms with Crippen LogP contribution in [0.5, 0.6) is 0 Å². The molecule has 2 aromatic rings. The molecule has 1 amide bonds. The zero-order valence-corrected chi connectivity index (χ0v) is 31.6. The van der Waals surface area contributed by atoms with Crippen LogP contribution >= 0.6 is 0 Å². The molecule has 3 heterocycles. The second-order valence-electron chi connectivity index (χ2n) is 16.3. The number of para-hydroxylation sites is 1. The minimum atomic E-state index is -1.75. The zero-order chi connectivity index (χ0) is 38.5. The highest BCUT2D eigenvalue weighted by Crippen LogP contribution is 2.59. The van der Waals surface area contributed by atoms with Crippen molar-refractivity contribution < 1.29 is 34.4 Å². The van der Waals surface area contributed by atoms with E-state index >= 15 is 9.59 Å². The van der Waals surface area contributed by atoms with Crippen molar-refractivity contribution in [1.82, 2.24) is 10.3 Å². The van der Waals surface area contributed by atoms with Crippen molar-refractivity contribution in [2.24, 2.45) is 52.8 Å². The highest BCUT2D eigenvalue weighted by atomic mass is 16.5. The molecule has 1 aromatic heterocycles. The number of nitrogens with one attached hydrogen (secondary N) is 2. The van der Waals surface area contributed by atoms with Gasteiger partial charge in [-0.1, -0.05) is 93.3 Å². The van der Waals surface area contributed by atoms with E-state index in [0.29, 0.717) is 24.0 Å². The van der Waals surface area contributed by atoms with Crippen molar-refractivity contribution in [1.29, 1.82) is 0 Å². The monoisotopic (exact) mass is 734 g/mol. The third kappa shape index (κ3) is 6.23. The maximum absolute atomic E-state index is 15.9. The van der Waals surface area contributed by atoms with Crippen molar-refractivity contribution in [3.63, 3.8) is 0 Å².